The molecule has 2 heterocycles. The molecule has 0 bridgehead atoms. The van der Waals surface area contributed by atoms with Crippen molar-refractivity contribution in [3.05, 3.63) is 46.2 Å². The summed E-state index contributed by atoms with van der Waals surface area (Å²) in [5.41, 5.74) is 1.31. The van der Waals surface area contributed by atoms with Gasteiger partial charge in [0.2, 0.25) is 11.8 Å². The topological polar surface area (TPSA) is 124 Å². The number of hydrogen-bond acceptors (Lipinski definition) is 7. The molecule has 3 rings (SSSR count). The van der Waals surface area contributed by atoms with Gasteiger partial charge in [0.1, 0.15) is 16.9 Å². The largest absolute Gasteiger partial charge is 0.462 e. The van der Waals surface area contributed by atoms with E-state index in [-0.39, 0.29) is 53.9 Å². The van der Waals surface area contributed by atoms with Crippen LogP contribution in [0.3, 0.4) is 0 Å². The van der Waals surface area contributed by atoms with Crippen LogP contribution in [0.5, 0.6) is 0 Å². The molecular formula is C20H20N2O7. The van der Waals surface area contributed by atoms with Gasteiger partial charge in [0.25, 0.3) is 5.91 Å². The van der Waals surface area contributed by atoms with Gasteiger partial charge in [0.05, 0.1) is 19.6 Å². The number of carbonyl (C=O) groups is 4. The van der Waals surface area contributed by atoms with Crippen LogP contribution in [0.15, 0.2) is 22.6 Å². The lowest BCUT2D eigenvalue weighted by Crippen LogP contribution is -2.17. The number of furan rings is 1. The van der Waals surface area contributed by atoms with E-state index in [9.17, 15) is 19.2 Å². The van der Waals surface area contributed by atoms with Crippen molar-refractivity contribution in [1.82, 2.24) is 0 Å². The van der Waals surface area contributed by atoms with Crippen molar-refractivity contribution >= 4 is 35.3 Å². The summed E-state index contributed by atoms with van der Waals surface area (Å²) in [5.74, 6) is -2.37. The number of esters is 2. The molecule has 29 heavy (non-hydrogen) atoms. The Morgan fingerprint density at radius 1 is 1.10 bits per heavy atom. The molecule has 152 valence electrons. The van der Waals surface area contributed by atoms with Crippen LogP contribution in [-0.2, 0) is 20.7 Å². The van der Waals surface area contributed by atoms with Gasteiger partial charge in [-0.3, -0.25) is 14.9 Å². The fraction of sp³-hybridized carbons (Fsp3) is 0.300. The second kappa shape index (κ2) is 8.17. The van der Waals surface area contributed by atoms with Crippen molar-refractivity contribution in [2.75, 3.05) is 23.8 Å². The van der Waals surface area contributed by atoms with Crippen molar-refractivity contribution < 1.29 is 33.1 Å². The average molecular weight is 400 g/mol. The number of fused-ring (bicyclic) bond motifs is 1. The number of carbonyl (C=O) groups excluding carboxylic acids is 4. The van der Waals surface area contributed by atoms with E-state index in [1.807, 2.05) is 0 Å². The molecule has 0 atom stereocenters. The molecule has 0 spiro atoms. The number of nitrogens with one attached hydrogen (secondary N) is 2. The van der Waals surface area contributed by atoms with Crippen molar-refractivity contribution in [2.45, 2.75) is 27.2 Å². The number of amides is 2. The highest BCUT2D eigenvalue weighted by atomic mass is 16.5. The van der Waals surface area contributed by atoms with Crippen LogP contribution in [0, 0.1) is 6.92 Å². The molecule has 2 aromatic rings. The van der Waals surface area contributed by atoms with Gasteiger partial charge in [-0.2, -0.15) is 0 Å². The molecule has 0 radical (unpaired) electrons. The standard InChI is InChI=1S/C20H20N2O7/c1-4-27-19(25)15-10(3)29-18(16(15)20(26)28-5-2)22-17(24)11-6-7-13-12(8-11)9-14(23)21-13/h6-8H,4-5,9H2,1-3H3,(H,21,23)(H,22,24). The molecular weight excluding hydrogens is 380 g/mol. The Hall–Kier alpha value is -3.62. The van der Waals surface area contributed by atoms with Crippen LogP contribution >= 0.6 is 0 Å². The Morgan fingerprint density at radius 2 is 1.76 bits per heavy atom. The summed E-state index contributed by atoms with van der Waals surface area (Å²) in [6, 6.07) is 4.74. The third-order valence-electron chi connectivity index (χ3n) is 4.26. The third-order valence-corrected chi connectivity index (χ3v) is 4.26. The second-order valence-electron chi connectivity index (χ2n) is 6.23. The van der Waals surface area contributed by atoms with Gasteiger partial charge in [-0.1, -0.05) is 0 Å². The molecule has 1 aromatic carbocycles. The van der Waals surface area contributed by atoms with Gasteiger partial charge < -0.3 is 19.2 Å². The Bertz CT molecular complexity index is 1010. The molecule has 0 unspecified atom stereocenters. The Kier molecular flexibility index (Phi) is 5.67. The molecule has 9 heteroatoms. The number of benzene rings is 1. The molecule has 1 aliphatic rings. The Labute approximate surface area is 166 Å². The van der Waals surface area contributed by atoms with Gasteiger partial charge in [0, 0.05) is 11.3 Å². The van der Waals surface area contributed by atoms with Gasteiger partial charge >= 0.3 is 11.9 Å². The molecule has 2 N–H and O–H groups in total. The normalized spacial score (nSPS) is 12.2. The number of anilines is 2. The first-order chi connectivity index (χ1) is 13.8. The van der Waals surface area contributed by atoms with E-state index in [0.717, 1.165) is 0 Å². The highest BCUT2D eigenvalue weighted by Crippen LogP contribution is 2.30. The van der Waals surface area contributed by atoms with Crippen molar-refractivity contribution in [1.29, 1.82) is 0 Å². The monoisotopic (exact) mass is 400 g/mol. The second-order valence-corrected chi connectivity index (χ2v) is 6.23. The molecule has 0 aliphatic carbocycles. The lowest BCUT2D eigenvalue weighted by atomic mass is 10.1. The first kappa shape index (κ1) is 20.1. The minimum absolute atomic E-state index is 0.0740. The summed E-state index contributed by atoms with van der Waals surface area (Å²) in [6.07, 6.45) is 0.178. The SMILES string of the molecule is CCOC(=O)c1c(C)oc(NC(=O)c2ccc3c(c2)CC(=O)N3)c1C(=O)OCC. The van der Waals surface area contributed by atoms with E-state index in [0.29, 0.717) is 11.3 Å². The van der Waals surface area contributed by atoms with E-state index in [2.05, 4.69) is 10.6 Å². The van der Waals surface area contributed by atoms with E-state index in [1.165, 1.54) is 13.0 Å². The van der Waals surface area contributed by atoms with E-state index < -0.39 is 17.8 Å². The quantitative estimate of drug-likeness (QED) is 0.715. The maximum Gasteiger partial charge on any atom is 0.344 e. The average Bonchev–Trinajstić information content (AvgIpc) is 3.19. The molecule has 0 saturated carbocycles. The number of hydrogen-bond donors (Lipinski definition) is 2. The summed E-state index contributed by atoms with van der Waals surface area (Å²) in [5, 5.41) is 5.19. The molecule has 0 fully saturated rings. The van der Waals surface area contributed by atoms with E-state index in [1.54, 1.807) is 26.0 Å². The molecule has 1 aromatic heterocycles. The lowest BCUT2D eigenvalue weighted by Gasteiger charge is -2.08. The zero-order chi connectivity index (χ0) is 21.1. The number of rotatable bonds is 6. The van der Waals surface area contributed by atoms with Crippen molar-refractivity contribution in [3.63, 3.8) is 0 Å². The van der Waals surface area contributed by atoms with Gasteiger partial charge in [0.15, 0.2) is 0 Å². The smallest absolute Gasteiger partial charge is 0.344 e. The van der Waals surface area contributed by atoms with Gasteiger partial charge in [-0.15, -0.1) is 0 Å². The summed E-state index contributed by atoms with van der Waals surface area (Å²) >= 11 is 0. The Balaban J connectivity index is 1.94. The summed E-state index contributed by atoms with van der Waals surface area (Å²) in [4.78, 5) is 48.9. The minimum Gasteiger partial charge on any atom is -0.462 e. The fourth-order valence-corrected chi connectivity index (χ4v) is 3.03. The van der Waals surface area contributed by atoms with Crippen molar-refractivity contribution in [3.8, 4) is 0 Å². The zero-order valence-corrected chi connectivity index (χ0v) is 16.2. The van der Waals surface area contributed by atoms with Crippen LogP contribution in [0.1, 0.15) is 56.2 Å². The number of aryl methyl sites for hydroxylation is 1. The third kappa shape index (κ3) is 3.98. The highest BCUT2D eigenvalue weighted by molar-refractivity contribution is 6.12. The van der Waals surface area contributed by atoms with Gasteiger partial charge in [-0.05, 0) is 44.5 Å². The molecule has 2 amide bonds. The first-order valence-corrected chi connectivity index (χ1v) is 9.07. The molecule has 0 saturated heterocycles. The zero-order valence-electron chi connectivity index (χ0n) is 16.2. The predicted octanol–water partition coefficient (Wildman–Crippen LogP) is 2.69. The predicted molar refractivity (Wildman–Crippen MR) is 102 cm³/mol. The fourth-order valence-electron chi connectivity index (χ4n) is 3.03. The summed E-state index contributed by atoms with van der Waals surface area (Å²) < 4.78 is 15.5. The highest BCUT2D eigenvalue weighted by Gasteiger charge is 2.31. The summed E-state index contributed by atoms with van der Waals surface area (Å²) in [7, 11) is 0. The minimum atomic E-state index is -0.813. The maximum absolute atomic E-state index is 12.7. The van der Waals surface area contributed by atoms with E-state index >= 15 is 0 Å². The van der Waals surface area contributed by atoms with Gasteiger partial charge in [-0.25, -0.2) is 9.59 Å². The van der Waals surface area contributed by atoms with Crippen LogP contribution in [-0.4, -0.2) is 37.0 Å². The number of ether oxygens (including phenoxy) is 2. The lowest BCUT2D eigenvalue weighted by molar-refractivity contribution is -0.115. The van der Waals surface area contributed by atoms with Crippen LogP contribution < -0.4 is 10.6 Å². The van der Waals surface area contributed by atoms with E-state index in [4.69, 9.17) is 13.9 Å². The Morgan fingerprint density at radius 3 is 2.41 bits per heavy atom. The van der Waals surface area contributed by atoms with Crippen LogP contribution in [0.25, 0.3) is 0 Å². The van der Waals surface area contributed by atoms with Crippen LogP contribution in [0.2, 0.25) is 0 Å². The molecule has 1 aliphatic heterocycles. The maximum atomic E-state index is 12.7. The van der Waals surface area contributed by atoms with Crippen LogP contribution in [0.4, 0.5) is 11.6 Å². The molecule has 9 nitrogen and oxygen atoms in total. The first-order valence-electron chi connectivity index (χ1n) is 9.07. The summed E-state index contributed by atoms with van der Waals surface area (Å²) in [6.45, 7) is 4.91. The van der Waals surface area contributed by atoms with Crippen molar-refractivity contribution in [2.24, 2.45) is 0 Å².